The maximum absolute atomic E-state index is 10.8. The first kappa shape index (κ1) is 12.2. The van der Waals surface area contributed by atoms with Gasteiger partial charge in [0.1, 0.15) is 24.6 Å². The van der Waals surface area contributed by atoms with Crippen molar-refractivity contribution >= 4 is 0 Å². The van der Waals surface area contributed by atoms with Gasteiger partial charge >= 0.3 is 0 Å². The number of epoxide rings is 1. The molecule has 94 valence electrons. The van der Waals surface area contributed by atoms with Crippen molar-refractivity contribution in [2.45, 2.75) is 24.5 Å². The Labute approximate surface area is 97.2 Å². The van der Waals surface area contributed by atoms with Crippen LogP contribution in [0.2, 0.25) is 0 Å². The second-order valence-electron chi connectivity index (χ2n) is 3.78. The molecule has 1 saturated heterocycles. The number of aliphatic hydroxyl groups is 2. The molecule has 2 rings (SSSR count). The Morgan fingerprint density at radius 1 is 1.71 bits per heavy atom. The second-order valence-corrected chi connectivity index (χ2v) is 3.78. The third-order valence-corrected chi connectivity index (χ3v) is 2.70. The van der Waals surface area contributed by atoms with Gasteiger partial charge in [-0.05, 0) is 0 Å². The molecular weight excluding hydrogens is 228 g/mol. The summed E-state index contributed by atoms with van der Waals surface area (Å²) in [5.41, 5.74) is -0.330. The lowest BCUT2D eigenvalue weighted by Crippen LogP contribution is -2.36. The van der Waals surface area contributed by atoms with E-state index in [0.717, 1.165) is 0 Å². The van der Waals surface area contributed by atoms with E-state index in [1.54, 1.807) is 4.57 Å². The second kappa shape index (κ2) is 4.92. The molecule has 1 aromatic rings. The quantitative estimate of drug-likeness (QED) is 0.610. The van der Waals surface area contributed by atoms with Gasteiger partial charge in [0.05, 0.1) is 6.61 Å². The van der Waals surface area contributed by atoms with Crippen molar-refractivity contribution in [1.29, 1.82) is 0 Å². The van der Waals surface area contributed by atoms with Crippen LogP contribution in [0.3, 0.4) is 0 Å². The molecule has 17 heavy (non-hydrogen) atoms. The van der Waals surface area contributed by atoms with Crippen LogP contribution in [0, 0.1) is 0 Å². The zero-order chi connectivity index (χ0) is 12.4. The molecule has 0 aliphatic carbocycles. The average molecular weight is 242 g/mol. The van der Waals surface area contributed by atoms with E-state index in [0.29, 0.717) is 0 Å². The highest BCUT2D eigenvalue weighted by atomic mass is 16.6. The van der Waals surface area contributed by atoms with E-state index in [1.165, 1.54) is 25.7 Å². The Kier molecular flexibility index (Phi) is 3.53. The van der Waals surface area contributed by atoms with Gasteiger partial charge in [0, 0.05) is 19.4 Å². The summed E-state index contributed by atoms with van der Waals surface area (Å²) < 4.78 is 11.8. The summed E-state index contributed by atoms with van der Waals surface area (Å²) in [5, 5.41) is 18.8. The molecule has 0 amide bonds. The Bertz CT molecular complexity index is 410. The van der Waals surface area contributed by atoms with Gasteiger partial charge in [-0.15, -0.1) is 0 Å². The number of aromatic nitrogens is 2. The lowest BCUT2D eigenvalue weighted by atomic mass is 10.1. The summed E-state index contributed by atoms with van der Waals surface area (Å²) in [5.74, 6) is 0. The Morgan fingerprint density at radius 2 is 2.47 bits per heavy atom. The smallest absolute Gasteiger partial charge is 0.272 e. The van der Waals surface area contributed by atoms with Crippen molar-refractivity contribution in [3.63, 3.8) is 0 Å². The van der Waals surface area contributed by atoms with Crippen molar-refractivity contribution in [3.8, 4) is 0 Å². The van der Waals surface area contributed by atoms with Gasteiger partial charge in [0.2, 0.25) is 0 Å². The van der Waals surface area contributed by atoms with Gasteiger partial charge in [0.15, 0.2) is 6.23 Å². The summed E-state index contributed by atoms with van der Waals surface area (Å²) in [4.78, 5) is 14.4. The maximum Gasteiger partial charge on any atom is 0.272 e. The highest BCUT2D eigenvalue weighted by Gasteiger charge is 2.48. The number of hydrogen-bond donors (Lipinski definition) is 2. The number of aliphatic hydroxyl groups excluding tert-OH is 2. The van der Waals surface area contributed by atoms with Crippen molar-refractivity contribution in [2.24, 2.45) is 0 Å². The Balaban J connectivity index is 2.00. The lowest BCUT2D eigenvalue weighted by Gasteiger charge is -2.17. The molecule has 0 aromatic carbocycles. The number of ether oxygens (including phenoxy) is 2. The van der Waals surface area contributed by atoms with Crippen molar-refractivity contribution in [2.75, 3.05) is 13.7 Å². The molecule has 0 bridgehead atoms. The molecule has 4 atom stereocenters. The van der Waals surface area contributed by atoms with E-state index >= 15 is 0 Å². The molecule has 1 fully saturated rings. The standard InChI is InChI=1S/C10H14N2O5/c1-16-6(4-13)8(15)9-10(17-9)12-3-2-7(14)11-5-12/h2-3,5-6,8-10,13,15H,4H2,1H3/t6-,8?,9-,10-/m0/s1. The van der Waals surface area contributed by atoms with E-state index in [2.05, 4.69) is 4.98 Å². The van der Waals surface area contributed by atoms with Crippen LogP contribution in [0.1, 0.15) is 6.23 Å². The molecule has 0 radical (unpaired) electrons. The van der Waals surface area contributed by atoms with E-state index in [9.17, 15) is 9.90 Å². The number of methoxy groups -OCH3 is 1. The van der Waals surface area contributed by atoms with E-state index in [1.807, 2.05) is 0 Å². The largest absolute Gasteiger partial charge is 0.394 e. The van der Waals surface area contributed by atoms with Crippen LogP contribution < -0.4 is 5.56 Å². The number of rotatable bonds is 5. The molecule has 2 heterocycles. The van der Waals surface area contributed by atoms with Crippen LogP contribution in [0.25, 0.3) is 0 Å². The molecule has 7 nitrogen and oxygen atoms in total. The number of nitrogens with zero attached hydrogens (tertiary/aromatic N) is 2. The Hall–Kier alpha value is -1.28. The average Bonchev–Trinajstić information content (AvgIpc) is 3.11. The highest BCUT2D eigenvalue weighted by Crippen LogP contribution is 2.36. The van der Waals surface area contributed by atoms with Gasteiger partial charge < -0.3 is 24.3 Å². The molecular formula is C10H14N2O5. The first-order chi connectivity index (χ1) is 8.17. The topological polar surface area (TPSA) is 97.1 Å². The predicted molar refractivity (Wildman–Crippen MR) is 56.3 cm³/mol. The highest BCUT2D eigenvalue weighted by molar-refractivity contribution is 4.95. The number of hydrogen-bond acceptors (Lipinski definition) is 6. The summed E-state index contributed by atoms with van der Waals surface area (Å²) in [6.45, 7) is -0.285. The summed E-state index contributed by atoms with van der Waals surface area (Å²) >= 11 is 0. The van der Waals surface area contributed by atoms with Crippen LogP contribution >= 0.6 is 0 Å². The summed E-state index contributed by atoms with van der Waals surface area (Å²) in [6.07, 6.45) is 0.444. The zero-order valence-corrected chi connectivity index (χ0v) is 9.26. The summed E-state index contributed by atoms with van der Waals surface area (Å²) in [7, 11) is 1.41. The van der Waals surface area contributed by atoms with Gasteiger partial charge in [-0.2, -0.15) is 4.98 Å². The zero-order valence-electron chi connectivity index (χ0n) is 9.26. The van der Waals surface area contributed by atoms with Crippen LogP contribution in [0.15, 0.2) is 23.4 Å². The van der Waals surface area contributed by atoms with E-state index < -0.39 is 18.3 Å². The minimum absolute atomic E-state index is 0.285. The monoisotopic (exact) mass is 242 g/mol. The van der Waals surface area contributed by atoms with E-state index in [4.69, 9.17) is 14.6 Å². The first-order valence-electron chi connectivity index (χ1n) is 5.18. The molecule has 1 aromatic heterocycles. The van der Waals surface area contributed by atoms with Crippen molar-refractivity contribution < 1.29 is 19.7 Å². The fourth-order valence-electron chi connectivity index (χ4n) is 1.64. The normalized spacial score (nSPS) is 26.5. The third-order valence-electron chi connectivity index (χ3n) is 2.70. The lowest BCUT2D eigenvalue weighted by molar-refractivity contribution is -0.0509. The van der Waals surface area contributed by atoms with Crippen molar-refractivity contribution in [1.82, 2.24) is 9.55 Å². The van der Waals surface area contributed by atoms with Crippen LogP contribution in [-0.4, -0.2) is 51.8 Å². The Morgan fingerprint density at radius 3 is 3.00 bits per heavy atom. The van der Waals surface area contributed by atoms with Crippen LogP contribution in [0.4, 0.5) is 0 Å². The molecule has 0 spiro atoms. The van der Waals surface area contributed by atoms with Crippen LogP contribution in [0.5, 0.6) is 0 Å². The maximum atomic E-state index is 10.8. The summed E-state index contributed by atoms with van der Waals surface area (Å²) in [6, 6.07) is 1.31. The molecule has 1 aliphatic heterocycles. The van der Waals surface area contributed by atoms with Gasteiger partial charge in [-0.25, -0.2) is 0 Å². The molecule has 2 N–H and O–H groups in total. The van der Waals surface area contributed by atoms with E-state index in [-0.39, 0.29) is 18.4 Å². The molecule has 0 saturated carbocycles. The SMILES string of the molecule is CO[C@@H](CO)C(O)[C@@H]1O[C@@H]1n1ccc(=O)nc1. The fraction of sp³-hybridized carbons (Fsp3) is 0.600. The van der Waals surface area contributed by atoms with Crippen molar-refractivity contribution in [3.05, 3.63) is 28.9 Å². The third kappa shape index (κ3) is 2.52. The molecule has 1 unspecified atom stereocenters. The van der Waals surface area contributed by atoms with Gasteiger partial charge in [-0.3, -0.25) is 4.79 Å². The molecule has 1 aliphatic rings. The minimum Gasteiger partial charge on any atom is -0.394 e. The predicted octanol–water partition coefficient (Wildman–Crippen LogP) is -1.49. The fourth-order valence-corrected chi connectivity index (χ4v) is 1.64. The van der Waals surface area contributed by atoms with Crippen LogP contribution in [-0.2, 0) is 9.47 Å². The minimum atomic E-state index is -0.922. The first-order valence-corrected chi connectivity index (χ1v) is 5.18. The van der Waals surface area contributed by atoms with Gasteiger partial charge in [-0.1, -0.05) is 0 Å². The van der Waals surface area contributed by atoms with Gasteiger partial charge in [0.25, 0.3) is 5.56 Å². The molecule has 7 heteroatoms.